The van der Waals surface area contributed by atoms with Crippen LogP contribution in [0.25, 0.3) is 0 Å². The molecule has 0 saturated heterocycles. The van der Waals surface area contributed by atoms with Gasteiger partial charge in [-0.05, 0) is 6.92 Å². The Morgan fingerprint density at radius 1 is 1.55 bits per heavy atom. The van der Waals surface area contributed by atoms with Crippen molar-refractivity contribution in [2.24, 2.45) is 0 Å². The second-order valence-corrected chi connectivity index (χ2v) is 1.71. The van der Waals surface area contributed by atoms with Gasteiger partial charge in [0.1, 0.15) is 0 Å². The number of hydrogen-bond donors (Lipinski definition) is 2. The summed E-state index contributed by atoms with van der Waals surface area (Å²) in [7, 11) is 0. The molecule has 0 bridgehead atoms. The molecule has 2 N–H and O–H groups in total. The minimum absolute atomic E-state index is 0.0406. The minimum atomic E-state index is -0.958. The van der Waals surface area contributed by atoms with Gasteiger partial charge in [0.25, 0.3) is 0 Å². The lowest BCUT2D eigenvalue weighted by molar-refractivity contribution is -0.136. The smallest absolute Gasteiger partial charge is 0.407 e. The van der Waals surface area contributed by atoms with Gasteiger partial charge in [-0.25, -0.2) is 4.79 Å². The van der Waals surface area contributed by atoms with Gasteiger partial charge in [-0.3, -0.25) is 4.79 Å². The molecule has 1 amide bonds. The highest BCUT2D eigenvalue weighted by atomic mass is 16.5. The van der Waals surface area contributed by atoms with E-state index in [1.54, 1.807) is 0 Å². The lowest BCUT2D eigenvalue weighted by atomic mass is 10.4. The molecule has 0 spiro atoms. The molecule has 0 heterocycles. The van der Waals surface area contributed by atoms with E-state index in [2.05, 4.69) is 17.0 Å². The second kappa shape index (κ2) is 5.52. The number of rotatable bonds is 4. The van der Waals surface area contributed by atoms with E-state index in [1.165, 1.54) is 0 Å². The number of alkyl carbamates (subject to hydrolysis) is 1. The van der Waals surface area contributed by atoms with Crippen LogP contribution in [0.2, 0.25) is 0 Å². The highest BCUT2D eigenvalue weighted by Crippen LogP contribution is 1.78. The largest absolute Gasteiger partial charge is 0.481 e. The average Bonchev–Trinajstić information content (AvgIpc) is 1.87. The molecule has 0 rings (SSSR count). The molecular weight excluding hydrogens is 150 g/mol. The third-order valence-corrected chi connectivity index (χ3v) is 0.841. The third kappa shape index (κ3) is 6.63. The van der Waals surface area contributed by atoms with Gasteiger partial charge in [0.15, 0.2) is 0 Å². The van der Waals surface area contributed by atoms with Crippen molar-refractivity contribution in [2.75, 3.05) is 13.2 Å². The molecule has 0 fully saturated rings. The summed E-state index contributed by atoms with van der Waals surface area (Å²) in [6.07, 6.45) is -0.743. The Bertz CT molecular complexity index is 146. The SMILES string of the molecule is [CH2]COC(=O)NCCC(=O)O. The summed E-state index contributed by atoms with van der Waals surface area (Å²) in [5.74, 6) is -0.958. The van der Waals surface area contributed by atoms with Gasteiger partial charge < -0.3 is 15.2 Å². The molecule has 0 unspecified atom stereocenters. The van der Waals surface area contributed by atoms with Gasteiger partial charge in [-0.2, -0.15) is 0 Å². The van der Waals surface area contributed by atoms with Gasteiger partial charge in [0, 0.05) is 6.54 Å². The molecule has 1 radical (unpaired) electrons. The molecule has 5 nitrogen and oxygen atoms in total. The van der Waals surface area contributed by atoms with Crippen LogP contribution in [0.3, 0.4) is 0 Å². The van der Waals surface area contributed by atoms with Crippen molar-refractivity contribution in [2.45, 2.75) is 6.42 Å². The molecule has 0 aliphatic heterocycles. The van der Waals surface area contributed by atoms with Crippen LogP contribution in [0.5, 0.6) is 0 Å². The molecule has 0 aromatic rings. The van der Waals surface area contributed by atoms with E-state index >= 15 is 0 Å². The number of carbonyl (C=O) groups excluding carboxylic acids is 1. The Labute approximate surface area is 64.3 Å². The summed E-state index contributed by atoms with van der Waals surface area (Å²) in [6.45, 7) is 3.39. The zero-order valence-electron chi connectivity index (χ0n) is 6.00. The van der Waals surface area contributed by atoms with Crippen LogP contribution in [0, 0.1) is 6.92 Å². The predicted molar refractivity (Wildman–Crippen MR) is 37.0 cm³/mol. The molecule has 0 saturated carbocycles. The molecule has 0 aliphatic rings. The predicted octanol–water partition coefficient (Wildman–Crippen LogP) is 0.0214. The standard InChI is InChI=1S/C6H10NO4/c1-2-11-6(10)7-4-3-5(8)9/h1-4H2,(H,7,10)(H,8,9). The van der Waals surface area contributed by atoms with Crippen LogP contribution in [0.15, 0.2) is 0 Å². The highest BCUT2D eigenvalue weighted by molar-refractivity contribution is 5.70. The molecule has 11 heavy (non-hydrogen) atoms. The number of amides is 1. The van der Waals surface area contributed by atoms with Crippen LogP contribution < -0.4 is 5.32 Å². The van der Waals surface area contributed by atoms with E-state index in [-0.39, 0.29) is 19.6 Å². The summed E-state index contributed by atoms with van der Waals surface area (Å²) in [4.78, 5) is 20.4. The summed E-state index contributed by atoms with van der Waals surface area (Å²) < 4.78 is 4.37. The summed E-state index contributed by atoms with van der Waals surface area (Å²) >= 11 is 0. The van der Waals surface area contributed by atoms with Crippen LogP contribution in [0.1, 0.15) is 6.42 Å². The maximum Gasteiger partial charge on any atom is 0.407 e. The minimum Gasteiger partial charge on any atom is -0.481 e. The van der Waals surface area contributed by atoms with Crippen molar-refractivity contribution in [1.82, 2.24) is 5.32 Å². The van der Waals surface area contributed by atoms with Gasteiger partial charge in [0.05, 0.1) is 13.0 Å². The van der Waals surface area contributed by atoms with Crippen LogP contribution in [-0.2, 0) is 9.53 Å². The summed E-state index contributed by atoms with van der Waals surface area (Å²) in [6, 6.07) is 0. The van der Waals surface area contributed by atoms with E-state index in [0.29, 0.717) is 0 Å². The van der Waals surface area contributed by atoms with Crippen molar-refractivity contribution in [3.8, 4) is 0 Å². The Morgan fingerprint density at radius 2 is 2.18 bits per heavy atom. The topological polar surface area (TPSA) is 75.6 Å². The van der Waals surface area contributed by atoms with Crippen molar-refractivity contribution in [1.29, 1.82) is 0 Å². The van der Waals surface area contributed by atoms with Crippen LogP contribution >= 0.6 is 0 Å². The Balaban J connectivity index is 3.24. The number of aliphatic carboxylic acids is 1. The van der Waals surface area contributed by atoms with E-state index in [1.807, 2.05) is 0 Å². The van der Waals surface area contributed by atoms with Crippen molar-refractivity contribution < 1.29 is 19.4 Å². The quantitative estimate of drug-likeness (QED) is 0.608. The van der Waals surface area contributed by atoms with E-state index in [0.717, 1.165) is 0 Å². The van der Waals surface area contributed by atoms with Crippen molar-refractivity contribution >= 4 is 12.1 Å². The number of carbonyl (C=O) groups is 2. The number of nitrogens with one attached hydrogen (secondary N) is 1. The molecule has 0 aliphatic carbocycles. The number of ether oxygens (including phenoxy) is 1. The molecule has 0 aromatic heterocycles. The monoisotopic (exact) mass is 160 g/mol. The fourth-order valence-electron chi connectivity index (χ4n) is 0.415. The maximum atomic E-state index is 10.5. The fraction of sp³-hybridized carbons (Fsp3) is 0.500. The first-order chi connectivity index (χ1) is 5.16. The number of carboxylic acids is 1. The van der Waals surface area contributed by atoms with Gasteiger partial charge in [-0.1, -0.05) is 0 Å². The lowest BCUT2D eigenvalue weighted by Crippen LogP contribution is -2.26. The van der Waals surface area contributed by atoms with Crippen molar-refractivity contribution in [3.63, 3.8) is 0 Å². The van der Waals surface area contributed by atoms with E-state index in [9.17, 15) is 9.59 Å². The van der Waals surface area contributed by atoms with Gasteiger partial charge >= 0.3 is 12.1 Å². The zero-order valence-corrected chi connectivity index (χ0v) is 6.00. The van der Waals surface area contributed by atoms with E-state index in [4.69, 9.17) is 5.11 Å². The van der Waals surface area contributed by atoms with Gasteiger partial charge in [-0.15, -0.1) is 0 Å². The lowest BCUT2D eigenvalue weighted by Gasteiger charge is -2.01. The third-order valence-electron chi connectivity index (χ3n) is 0.841. The Hall–Kier alpha value is -1.26. The number of carboxylic acid groups (broad SMARTS) is 1. The zero-order chi connectivity index (χ0) is 8.69. The molecular formula is C6H10NO4. The molecule has 63 valence electrons. The second-order valence-electron chi connectivity index (χ2n) is 1.71. The van der Waals surface area contributed by atoms with E-state index < -0.39 is 12.1 Å². The van der Waals surface area contributed by atoms with Crippen LogP contribution in [-0.4, -0.2) is 30.3 Å². The Kier molecular flexibility index (Phi) is 4.89. The normalized spacial score (nSPS) is 8.82. The van der Waals surface area contributed by atoms with Crippen molar-refractivity contribution in [3.05, 3.63) is 6.92 Å². The first-order valence-electron chi connectivity index (χ1n) is 3.08. The van der Waals surface area contributed by atoms with Crippen LogP contribution in [0.4, 0.5) is 4.79 Å². The Morgan fingerprint density at radius 3 is 2.64 bits per heavy atom. The number of hydrogen-bond acceptors (Lipinski definition) is 3. The summed E-state index contributed by atoms with van der Waals surface area (Å²) in [5.41, 5.74) is 0. The molecule has 0 aromatic carbocycles. The molecule has 5 heteroatoms. The molecule has 0 atom stereocenters. The fourth-order valence-corrected chi connectivity index (χ4v) is 0.415. The first-order valence-corrected chi connectivity index (χ1v) is 3.08. The van der Waals surface area contributed by atoms with Gasteiger partial charge in [0.2, 0.25) is 0 Å². The first kappa shape index (κ1) is 9.74. The average molecular weight is 160 g/mol. The summed E-state index contributed by atoms with van der Waals surface area (Å²) in [5, 5.41) is 10.4. The maximum absolute atomic E-state index is 10.5. The highest BCUT2D eigenvalue weighted by Gasteiger charge is 2.00.